The van der Waals surface area contributed by atoms with Crippen LogP contribution in [0.4, 0.5) is 18.0 Å². The lowest BCUT2D eigenvalue weighted by molar-refractivity contribution is -0.715. The molecule has 1 N–H and O–H groups in total. The molecule has 0 bridgehead atoms. The number of rotatable bonds is 10. The van der Waals surface area contributed by atoms with E-state index in [2.05, 4.69) is 10.4 Å². The van der Waals surface area contributed by atoms with E-state index >= 15 is 0 Å². The minimum Gasteiger partial charge on any atom is -0.569 e. The van der Waals surface area contributed by atoms with E-state index in [0.717, 1.165) is 28.4 Å². The summed E-state index contributed by atoms with van der Waals surface area (Å²) in [5.41, 5.74) is 0.591. The van der Waals surface area contributed by atoms with Gasteiger partial charge in [0, 0.05) is 18.4 Å². The first kappa shape index (κ1) is 35.0. The Morgan fingerprint density at radius 3 is 2.23 bits per heavy atom. The first-order valence-corrected chi connectivity index (χ1v) is 15.9. The second-order valence-corrected chi connectivity index (χ2v) is 12.6. The molecule has 0 spiro atoms. The van der Waals surface area contributed by atoms with Gasteiger partial charge in [0.15, 0.2) is 5.69 Å². The molecule has 254 valence electrons. The largest absolute Gasteiger partial charge is 0.569 e. The third-order valence-electron chi connectivity index (χ3n) is 6.92. The van der Waals surface area contributed by atoms with Gasteiger partial charge in [-0.15, -0.1) is 5.01 Å². The zero-order chi connectivity index (χ0) is 34.5. The maximum atomic E-state index is 13.5. The number of hydrogen-bond donors (Lipinski definition) is 1. The summed E-state index contributed by atoms with van der Waals surface area (Å²) >= 11 is 0. The Bertz CT molecular complexity index is 1700. The van der Waals surface area contributed by atoms with Crippen molar-refractivity contribution in [2.24, 2.45) is 11.2 Å². The van der Waals surface area contributed by atoms with Gasteiger partial charge in [0.2, 0.25) is 11.2 Å². The second kappa shape index (κ2) is 14.3. The number of alkyl halides is 3. The minimum atomic E-state index is -4.71. The number of amides is 1. The van der Waals surface area contributed by atoms with Gasteiger partial charge >= 0.3 is 12.3 Å². The summed E-state index contributed by atoms with van der Waals surface area (Å²) in [5.74, 6) is -1.53. The highest BCUT2D eigenvalue weighted by Gasteiger charge is 2.36. The number of carbonyl (C=O) groups excluding carboxylic acids is 2. The van der Waals surface area contributed by atoms with Gasteiger partial charge in [-0.2, -0.15) is 18.3 Å². The molecule has 4 rings (SSSR count). The topological polar surface area (TPSA) is 167 Å². The summed E-state index contributed by atoms with van der Waals surface area (Å²) in [4.78, 5) is 29.0. The number of aromatic nitrogens is 2. The Morgan fingerprint density at radius 1 is 1.04 bits per heavy atom. The average molecular weight is 683 g/mol. The first-order chi connectivity index (χ1) is 22.0. The lowest BCUT2D eigenvalue weighted by atomic mass is 9.97. The summed E-state index contributed by atoms with van der Waals surface area (Å²) in [6, 6.07) is 12.6. The van der Waals surface area contributed by atoms with Gasteiger partial charge in [0.1, 0.15) is 0 Å². The summed E-state index contributed by atoms with van der Waals surface area (Å²) < 4.78 is 79.2. The van der Waals surface area contributed by atoms with Gasteiger partial charge in [-0.25, -0.2) is 22.6 Å². The molecular formula is C29H33F3N6O8S. The molecule has 0 saturated carbocycles. The zero-order valence-electron chi connectivity index (χ0n) is 25.8. The SMILES string of the molecule is Cc1ccc(-c2cc(C(F)(F)F)nn2-c2ccc(S(=O)(=O)NC(=O)C3CCN([N+]([O-])=NOC(C)OC(=O)OC(C)C)CC3)cc2)cc1. The fourth-order valence-corrected chi connectivity index (χ4v) is 5.57. The van der Waals surface area contributed by atoms with E-state index in [1.807, 2.05) is 11.6 Å². The molecule has 0 radical (unpaired) electrons. The summed E-state index contributed by atoms with van der Waals surface area (Å²) in [7, 11) is -4.34. The molecule has 2 aromatic carbocycles. The predicted molar refractivity (Wildman–Crippen MR) is 158 cm³/mol. The van der Waals surface area contributed by atoms with Crippen molar-refractivity contribution < 1.29 is 50.5 Å². The number of halogens is 3. The number of hydrazine groups is 1. The summed E-state index contributed by atoms with van der Waals surface area (Å²) in [6.07, 6.45) is -7.11. The fourth-order valence-electron chi connectivity index (χ4n) is 4.52. The van der Waals surface area contributed by atoms with E-state index in [1.165, 1.54) is 24.1 Å². The maximum absolute atomic E-state index is 13.5. The van der Waals surface area contributed by atoms with Crippen molar-refractivity contribution in [3.63, 3.8) is 0 Å². The number of nitrogens with one attached hydrogen (secondary N) is 1. The third-order valence-corrected chi connectivity index (χ3v) is 8.28. The van der Waals surface area contributed by atoms with Crippen LogP contribution >= 0.6 is 0 Å². The number of benzene rings is 2. The summed E-state index contributed by atoms with van der Waals surface area (Å²) in [5, 5.41) is 20.5. The molecule has 1 aliphatic rings. The molecule has 1 saturated heterocycles. The molecule has 1 aromatic heterocycles. The van der Waals surface area contributed by atoms with Crippen molar-refractivity contribution in [1.29, 1.82) is 0 Å². The van der Waals surface area contributed by atoms with Gasteiger partial charge < -0.3 is 14.7 Å². The number of piperidine rings is 1. The van der Waals surface area contributed by atoms with Crippen molar-refractivity contribution in [1.82, 2.24) is 19.5 Å². The average Bonchev–Trinajstić information content (AvgIpc) is 3.46. The zero-order valence-corrected chi connectivity index (χ0v) is 26.6. The van der Waals surface area contributed by atoms with Crippen LogP contribution in [0.5, 0.6) is 0 Å². The quantitative estimate of drug-likeness (QED) is 0.0999. The molecule has 1 aliphatic heterocycles. The van der Waals surface area contributed by atoms with Crippen molar-refractivity contribution in [2.75, 3.05) is 13.1 Å². The molecule has 14 nitrogen and oxygen atoms in total. The van der Waals surface area contributed by atoms with Gasteiger partial charge in [0.05, 0.1) is 40.4 Å². The van der Waals surface area contributed by atoms with Crippen molar-refractivity contribution >= 4 is 22.1 Å². The summed E-state index contributed by atoms with van der Waals surface area (Å²) in [6.45, 7) is 6.50. The van der Waals surface area contributed by atoms with Crippen molar-refractivity contribution in [2.45, 2.75) is 64.0 Å². The van der Waals surface area contributed by atoms with E-state index in [0.29, 0.717) is 5.56 Å². The molecule has 47 heavy (non-hydrogen) atoms. The van der Waals surface area contributed by atoms with Crippen LogP contribution in [-0.2, 0) is 35.3 Å². The lowest BCUT2D eigenvalue weighted by Crippen LogP contribution is -2.44. The van der Waals surface area contributed by atoms with Crippen LogP contribution in [0.3, 0.4) is 0 Å². The van der Waals surface area contributed by atoms with Gasteiger partial charge in [-0.3, -0.25) is 9.63 Å². The highest BCUT2D eigenvalue weighted by Crippen LogP contribution is 2.33. The van der Waals surface area contributed by atoms with E-state index in [-0.39, 0.29) is 47.2 Å². The van der Waals surface area contributed by atoms with E-state index < -0.39 is 52.3 Å². The van der Waals surface area contributed by atoms with E-state index in [4.69, 9.17) is 14.3 Å². The van der Waals surface area contributed by atoms with Crippen LogP contribution in [0, 0.1) is 18.0 Å². The molecular weight excluding hydrogens is 649 g/mol. The molecule has 0 aliphatic carbocycles. The van der Waals surface area contributed by atoms with Crippen LogP contribution in [0.2, 0.25) is 0 Å². The molecule has 1 atom stereocenters. The molecule has 18 heteroatoms. The van der Waals surface area contributed by atoms with Gasteiger partial charge in [-0.1, -0.05) is 29.8 Å². The molecule has 3 aromatic rings. The number of carbonyl (C=O) groups is 2. The maximum Gasteiger partial charge on any atom is 0.511 e. The van der Waals surface area contributed by atoms with Crippen LogP contribution < -0.4 is 4.72 Å². The Hall–Kier alpha value is -4.87. The van der Waals surface area contributed by atoms with Crippen molar-refractivity contribution in [3.05, 3.63) is 71.1 Å². The number of sulfonamides is 1. The Kier molecular flexibility index (Phi) is 10.6. The molecule has 1 fully saturated rings. The normalized spacial score (nSPS) is 15.3. The number of nitrogens with zero attached hydrogens (tertiary/aromatic N) is 5. The second-order valence-electron chi connectivity index (χ2n) is 10.9. The predicted octanol–water partition coefficient (Wildman–Crippen LogP) is 5.10. The highest BCUT2D eigenvalue weighted by molar-refractivity contribution is 7.90. The lowest BCUT2D eigenvalue weighted by Gasteiger charge is -2.27. The standard InChI is InChI=1S/C29H33F3N6O8S/c1-18(2)44-28(40)45-20(4)46-35-38(41)36-15-13-22(14-16-36)27(39)34-47(42,43)24-11-9-23(10-12-24)37-25(17-26(33-37)29(30,31)32)21-7-5-19(3)6-8-21/h5-12,17-18,20,22H,13-16H2,1-4H3,(H,34,39). The smallest absolute Gasteiger partial charge is 0.511 e. The van der Waals surface area contributed by atoms with Crippen LogP contribution in [0.25, 0.3) is 16.9 Å². The molecule has 1 amide bonds. The third kappa shape index (κ3) is 9.11. The van der Waals surface area contributed by atoms with Crippen LogP contribution in [0.1, 0.15) is 44.9 Å². The molecule has 2 heterocycles. The van der Waals surface area contributed by atoms with Gasteiger partial charge in [0.25, 0.3) is 16.3 Å². The Balaban J connectivity index is 1.37. The van der Waals surface area contributed by atoms with Crippen LogP contribution in [-0.4, -0.2) is 65.7 Å². The van der Waals surface area contributed by atoms with Crippen molar-refractivity contribution in [3.8, 4) is 16.9 Å². The fraction of sp³-hybridized carbons (Fsp3) is 0.414. The monoisotopic (exact) mass is 682 g/mol. The van der Waals surface area contributed by atoms with Gasteiger partial charge in [-0.05, 0) is 63.9 Å². The van der Waals surface area contributed by atoms with E-state index in [9.17, 15) is 36.4 Å². The van der Waals surface area contributed by atoms with E-state index in [1.54, 1.807) is 38.1 Å². The van der Waals surface area contributed by atoms with Crippen LogP contribution in [0.15, 0.2) is 64.8 Å². The highest BCUT2D eigenvalue weighted by atomic mass is 32.2. The molecule has 1 unspecified atom stereocenters. The number of aryl methyl sites for hydroxylation is 1. The minimum absolute atomic E-state index is 0.0426. The first-order valence-electron chi connectivity index (χ1n) is 14.4. The Labute approximate surface area is 268 Å². The number of hydrogen-bond acceptors (Lipinski definition) is 10. The Morgan fingerprint density at radius 2 is 1.66 bits per heavy atom. The number of ether oxygens (including phenoxy) is 2.